The summed E-state index contributed by atoms with van der Waals surface area (Å²) in [5.41, 5.74) is 3.78. The van der Waals surface area contributed by atoms with Gasteiger partial charge in [-0.15, -0.1) is 0 Å². The Morgan fingerprint density at radius 1 is 1.19 bits per heavy atom. The summed E-state index contributed by atoms with van der Waals surface area (Å²) in [4.78, 5) is 0. The molecular formula is C15H27N. The van der Waals surface area contributed by atoms with E-state index in [9.17, 15) is 0 Å². The van der Waals surface area contributed by atoms with Crippen molar-refractivity contribution < 1.29 is 0 Å². The SMILES string of the molecule is C=C(C)C(/C=C(/C)C(CC)CNC)C(=C)C. The zero-order valence-electron chi connectivity index (χ0n) is 11.6. The van der Waals surface area contributed by atoms with Crippen LogP contribution < -0.4 is 5.32 Å². The maximum absolute atomic E-state index is 4.04. The van der Waals surface area contributed by atoms with Crippen LogP contribution in [-0.2, 0) is 0 Å². The fraction of sp³-hybridized carbons (Fsp3) is 0.600. The van der Waals surface area contributed by atoms with E-state index in [1.54, 1.807) is 0 Å². The molecule has 0 saturated heterocycles. The van der Waals surface area contributed by atoms with Gasteiger partial charge in [0.25, 0.3) is 0 Å². The first-order valence-electron chi connectivity index (χ1n) is 6.07. The van der Waals surface area contributed by atoms with Crippen molar-refractivity contribution in [1.29, 1.82) is 0 Å². The first-order valence-corrected chi connectivity index (χ1v) is 6.07. The number of allylic oxidation sites excluding steroid dienone is 3. The van der Waals surface area contributed by atoms with E-state index in [-0.39, 0.29) is 0 Å². The smallest absolute Gasteiger partial charge is 0.0178 e. The number of hydrogen-bond acceptors (Lipinski definition) is 1. The fourth-order valence-electron chi connectivity index (χ4n) is 1.98. The molecule has 0 aromatic rings. The van der Waals surface area contributed by atoms with Gasteiger partial charge in [-0.1, -0.05) is 42.9 Å². The lowest BCUT2D eigenvalue weighted by Gasteiger charge is -2.19. The minimum absolute atomic E-state index is 0.325. The molecule has 0 aromatic heterocycles. The van der Waals surface area contributed by atoms with E-state index in [2.05, 4.69) is 52.2 Å². The summed E-state index contributed by atoms with van der Waals surface area (Å²) in [6, 6.07) is 0. The minimum atomic E-state index is 0.325. The fourth-order valence-corrected chi connectivity index (χ4v) is 1.98. The molecule has 0 bridgehead atoms. The lowest BCUT2D eigenvalue weighted by molar-refractivity contribution is 0.548. The molecule has 0 radical (unpaired) electrons. The van der Waals surface area contributed by atoms with Gasteiger partial charge < -0.3 is 5.32 Å². The standard InChI is InChI=1S/C15H27N/c1-8-14(10-16-7)13(6)9-15(11(2)3)12(4)5/h9,14-16H,2,4,8,10H2,1,3,5-7H3/b13-9-. The normalized spacial score (nSPS) is 14.0. The highest BCUT2D eigenvalue weighted by molar-refractivity contribution is 5.24. The van der Waals surface area contributed by atoms with Crippen LogP contribution in [0.4, 0.5) is 0 Å². The Bertz CT molecular complexity index is 259. The van der Waals surface area contributed by atoms with Gasteiger partial charge in [0.05, 0.1) is 0 Å². The second-order valence-electron chi connectivity index (χ2n) is 4.74. The van der Waals surface area contributed by atoms with Gasteiger partial charge in [0.1, 0.15) is 0 Å². The molecule has 0 heterocycles. The van der Waals surface area contributed by atoms with Crippen LogP contribution in [-0.4, -0.2) is 13.6 Å². The predicted octanol–water partition coefficient (Wildman–Crippen LogP) is 3.95. The number of nitrogens with one attached hydrogen (secondary N) is 1. The molecule has 1 unspecified atom stereocenters. The Morgan fingerprint density at radius 2 is 1.69 bits per heavy atom. The van der Waals surface area contributed by atoms with Crippen LogP contribution in [0.2, 0.25) is 0 Å². The molecule has 0 amide bonds. The van der Waals surface area contributed by atoms with E-state index in [1.807, 2.05) is 7.05 Å². The Morgan fingerprint density at radius 3 is 2.00 bits per heavy atom. The van der Waals surface area contributed by atoms with Crippen LogP contribution in [0.5, 0.6) is 0 Å². The zero-order valence-corrected chi connectivity index (χ0v) is 11.6. The predicted molar refractivity (Wildman–Crippen MR) is 74.6 cm³/mol. The maximum atomic E-state index is 4.04. The molecule has 0 aliphatic heterocycles. The van der Waals surface area contributed by atoms with Crippen molar-refractivity contribution in [3.8, 4) is 0 Å². The third-order valence-corrected chi connectivity index (χ3v) is 3.08. The van der Waals surface area contributed by atoms with Crippen LogP contribution in [0, 0.1) is 11.8 Å². The molecule has 0 aliphatic rings. The zero-order chi connectivity index (χ0) is 12.7. The van der Waals surface area contributed by atoms with E-state index in [0.29, 0.717) is 11.8 Å². The molecule has 1 heteroatoms. The summed E-state index contributed by atoms with van der Waals surface area (Å²) >= 11 is 0. The summed E-state index contributed by atoms with van der Waals surface area (Å²) < 4.78 is 0. The van der Waals surface area contributed by atoms with Crippen molar-refractivity contribution in [1.82, 2.24) is 5.32 Å². The molecule has 1 nitrogen and oxygen atoms in total. The molecule has 0 rings (SSSR count). The van der Waals surface area contributed by atoms with Crippen LogP contribution in [0.15, 0.2) is 36.0 Å². The van der Waals surface area contributed by atoms with Gasteiger partial charge >= 0.3 is 0 Å². The van der Waals surface area contributed by atoms with Gasteiger partial charge in [-0.3, -0.25) is 0 Å². The first kappa shape index (κ1) is 15.2. The summed E-state index contributed by atoms with van der Waals surface area (Å²) in [6.45, 7) is 17.7. The third-order valence-electron chi connectivity index (χ3n) is 3.08. The van der Waals surface area contributed by atoms with Gasteiger partial charge in [0.15, 0.2) is 0 Å². The van der Waals surface area contributed by atoms with Gasteiger partial charge in [0, 0.05) is 12.5 Å². The van der Waals surface area contributed by atoms with E-state index in [1.165, 1.54) is 23.1 Å². The van der Waals surface area contributed by atoms with E-state index < -0.39 is 0 Å². The molecule has 0 saturated carbocycles. The molecule has 92 valence electrons. The van der Waals surface area contributed by atoms with Crippen LogP contribution >= 0.6 is 0 Å². The van der Waals surface area contributed by atoms with Crippen molar-refractivity contribution in [2.45, 2.75) is 34.1 Å². The largest absolute Gasteiger partial charge is 0.319 e. The minimum Gasteiger partial charge on any atom is -0.319 e. The second-order valence-corrected chi connectivity index (χ2v) is 4.74. The van der Waals surface area contributed by atoms with Crippen molar-refractivity contribution >= 4 is 0 Å². The molecule has 1 atom stereocenters. The Labute approximate surface area is 101 Å². The summed E-state index contributed by atoms with van der Waals surface area (Å²) in [5, 5.41) is 3.25. The average molecular weight is 221 g/mol. The highest BCUT2D eigenvalue weighted by atomic mass is 14.8. The van der Waals surface area contributed by atoms with Crippen LogP contribution in [0.1, 0.15) is 34.1 Å². The van der Waals surface area contributed by atoms with Crippen LogP contribution in [0.3, 0.4) is 0 Å². The molecule has 0 fully saturated rings. The molecule has 0 spiro atoms. The monoisotopic (exact) mass is 221 g/mol. The molecule has 1 N–H and O–H groups in total. The first-order chi connectivity index (χ1) is 7.43. The topological polar surface area (TPSA) is 12.0 Å². The quantitative estimate of drug-likeness (QED) is 0.642. The van der Waals surface area contributed by atoms with Crippen molar-refractivity contribution in [2.75, 3.05) is 13.6 Å². The molecular weight excluding hydrogens is 194 g/mol. The van der Waals surface area contributed by atoms with Gasteiger partial charge in [-0.2, -0.15) is 0 Å². The van der Waals surface area contributed by atoms with Crippen LogP contribution in [0.25, 0.3) is 0 Å². The highest BCUT2D eigenvalue weighted by Gasteiger charge is 2.12. The Balaban J connectivity index is 4.82. The molecule has 0 aliphatic carbocycles. The summed E-state index contributed by atoms with van der Waals surface area (Å²) in [6.07, 6.45) is 3.48. The van der Waals surface area contributed by atoms with Gasteiger partial charge in [-0.05, 0) is 40.2 Å². The third kappa shape index (κ3) is 4.80. The van der Waals surface area contributed by atoms with Crippen molar-refractivity contribution in [3.63, 3.8) is 0 Å². The Kier molecular flexibility index (Phi) is 7.07. The van der Waals surface area contributed by atoms with Crippen molar-refractivity contribution in [2.24, 2.45) is 11.8 Å². The summed E-state index contributed by atoms with van der Waals surface area (Å²) in [5.74, 6) is 0.942. The summed E-state index contributed by atoms with van der Waals surface area (Å²) in [7, 11) is 2.00. The number of rotatable bonds is 7. The molecule has 0 aromatic carbocycles. The maximum Gasteiger partial charge on any atom is 0.0178 e. The number of hydrogen-bond donors (Lipinski definition) is 1. The van der Waals surface area contributed by atoms with Crippen molar-refractivity contribution in [3.05, 3.63) is 36.0 Å². The average Bonchev–Trinajstić information content (AvgIpc) is 2.21. The second kappa shape index (κ2) is 7.45. The van der Waals surface area contributed by atoms with E-state index in [4.69, 9.17) is 0 Å². The molecule has 16 heavy (non-hydrogen) atoms. The van der Waals surface area contributed by atoms with Gasteiger partial charge in [0.2, 0.25) is 0 Å². The van der Waals surface area contributed by atoms with Gasteiger partial charge in [-0.25, -0.2) is 0 Å². The van der Waals surface area contributed by atoms with E-state index >= 15 is 0 Å². The lowest BCUT2D eigenvalue weighted by atomic mass is 9.88. The lowest BCUT2D eigenvalue weighted by Crippen LogP contribution is -2.19. The Hall–Kier alpha value is -0.820. The highest BCUT2D eigenvalue weighted by Crippen LogP contribution is 2.23. The van der Waals surface area contributed by atoms with E-state index in [0.717, 1.165) is 6.54 Å².